The fourth-order valence-corrected chi connectivity index (χ4v) is 0.849. The van der Waals surface area contributed by atoms with Crippen LogP contribution >= 0.6 is 0 Å². The van der Waals surface area contributed by atoms with E-state index in [-0.39, 0.29) is 10.3 Å². The summed E-state index contributed by atoms with van der Waals surface area (Å²) in [6.45, 7) is 0. The zero-order valence-corrected chi connectivity index (χ0v) is 6.84. The van der Waals surface area contributed by atoms with E-state index in [9.17, 15) is 18.0 Å². The predicted octanol–water partition coefficient (Wildman–Crippen LogP) is 1.96. The highest BCUT2D eigenvalue weighted by molar-refractivity contribution is 5.92. The van der Waals surface area contributed by atoms with Gasteiger partial charge in [-0.1, -0.05) is 6.07 Å². The van der Waals surface area contributed by atoms with Gasteiger partial charge in [0.05, 0.1) is 5.56 Å². The minimum atomic E-state index is -4.44. The van der Waals surface area contributed by atoms with E-state index >= 15 is 0 Å². The van der Waals surface area contributed by atoms with Crippen LogP contribution in [0.15, 0.2) is 24.3 Å². The minimum Gasteiger partial charge on any atom is -0.366 e. The van der Waals surface area contributed by atoms with E-state index in [1.54, 1.807) is 0 Å². The molecule has 2 nitrogen and oxygen atoms in total. The molecule has 0 fully saturated rings. The van der Waals surface area contributed by atoms with Crippen molar-refractivity contribution in [3.8, 4) is 0 Å². The highest BCUT2D eigenvalue weighted by Gasteiger charge is 2.30. The van der Waals surface area contributed by atoms with E-state index in [1.807, 2.05) is 0 Å². The van der Waals surface area contributed by atoms with Crippen molar-refractivity contribution in [2.75, 3.05) is 0 Å². The van der Waals surface area contributed by atoms with Crippen LogP contribution in [-0.4, -0.2) is 5.91 Å². The molecule has 0 atom stereocenters. The summed E-state index contributed by atoms with van der Waals surface area (Å²) in [5.74, 6) is -0.869. The lowest BCUT2D eigenvalue weighted by atomic mass is 10.1. The van der Waals surface area contributed by atoms with Gasteiger partial charge in [0.1, 0.15) is 0 Å². The largest absolute Gasteiger partial charge is 0.416 e. The number of amides is 1. The van der Waals surface area contributed by atoms with Crippen LogP contribution in [0.25, 0.3) is 0 Å². The van der Waals surface area contributed by atoms with Crippen LogP contribution in [0, 0.1) is 0 Å². The third-order valence-electron chi connectivity index (χ3n) is 1.47. The van der Waals surface area contributed by atoms with E-state index in [0.717, 1.165) is 18.2 Å². The predicted molar refractivity (Wildman–Crippen MR) is 42.5 cm³/mol. The molecule has 0 radical (unpaired) electrons. The summed E-state index contributed by atoms with van der Waals surface area (Å²) in [5, 5.41) is 0. The number of halogens is 4. The lowest BCUT2D eigenvalue weighted by molar-refractivity contribution is -0.137. The van der Waals surface area contributed by atoms with Gasteiger partial charge >= 0.3 is 6.18 Å². The summed E-state index contributed by atoms with van der Waals surface area (Å²) >= 11 is 0. The van der Waals surface area contributed by atoms with Crippen molar-refractivity contribution < 1.29 is 22.7 Å². The van der Waals surface area contributed by atoms with Gasteiger partial charge in [-0.3, -0.25) is 9.50 Å². The first-order valence-electron chi connectivity index (χ1n) is 3.38. The quantitative estimate of drug-likeness (QED) is 0.706. The van der Waals surface area contributed by atoms with Crippen molar-refractivity contribution >= 4 is 5.91 Å². The molecule has 0 aromatic heterocycles. The van der Waals surface area contributed by atoms with Crippen LogP contribution in [0.4, 0.5) is 17.9 Å². The van der Waals surface area contributed by atoms with Gasteiger partial charge in [-0.05, 0) is 18.2 Å². The summed E-state index contributed by atoms with van der Waals surface area (Å²) in [5.41, 5.74) is 3.80. The molecule has 2 N–H and O–H groups in total. The first-order valence-corrected chi connectivity index (χ1v) is 3.38. The third-order valence-corrected chi connectivity index (χ3v) is 1.47. The number of nitrogens with two attached hydrogens (primary N) is 1. The highest BCUT2D eigenvalue weighted by Crippen LogP contribution is 2.29. The molecule has 0 saturated heterocycles. The number of rotatable bonds is 1. The molecular formula is C8H7F4NO. The average Bonchev–Trinajstić information content (AvgIpc) is 2.03. The number of carbonyl (C=O) groups excluding carboxylic acids is 1. The molecule has 1 aromatic rings. The SMILES string of the molecule is F.NC(=O)c1cccc(C(F)(F)F)c1. The van der Waals surface area contributed by atoms with Gasteiger partial charge in [-0.2, -0.15) is 13.2 Å². The van der Waals surface area contributed by atoms with E-state index in [2.05, 4.69) is 0 Å². The Bertz CT molecular complexity index is 334. The number of alkyl halides is 3. The Hall–Kier alpha value is -1.59. The van der Waals surface area contributed by atoms with E-state index < -0.39 is 17.6 Å². The second-order valence-corrected chi connectivity index (χ2v) is 2.44. The van der Waals surface area contributed by atoms with Crippen molar-refractivity contribution in [2.45, 2.75) is 6.18 Å². The van der Waals surface area contributed by atoms with Gasteiger partial charge in [-0.25, -0.2) is 0 Å². The molecule has 78 valence electrons. The van der Waals surface area contributed by atoms with Crippen LogP contribution in [0.3, 0.4) is 0 Å². The zero-order chi connectivity index (χ0) is 10.1. The second-order valence-electron chi connectivity index (χ2n) is 2.44. The Balaban J connectivity index is 0.00000169. The summed E-state index contributed by atoms with van der Waals surface area (Å²) in [4.78, 5) is 10.5. The summed E-state index contributed by atoms with van der Waals surface area (Å²) in [6, 6.07) is 3.98. The fraction of sp³-hybridized carbons (Fsp3) is 0.125. The van der Waals surface area contributed by atoms with Crippen LogP contribution < -0.4 is 5.73 Å². The van der Waals surface area contributed by atoms with Gasteiger partial charge in [-0.15, -0.1) is 0 Å². The number of hydrogen-bond acceptors (Lipinski definition) is 1. The topological polar surface area (TPSA) is 43.1 Å². The normalized spacial score (nSPS) is 10.5. The molecule has 0 aliphatic heterocycles. The van der Waals surface area contributed by atoms with E-state index in [1.165, 1.54) is 6.07 Å². The van der Waals surface area contributed by atoms with Gasteiger partial charge in [0.25, 0.3) is 0 Å². The van der Waals surface area contributed by atoms with Gasteiger partial charge in [0.2, 0.25) is 5.91 Å². The third kappa shape index (κ3) is 2.72. The first kappa shape index (κ1) is 12.4. The Labute approximate surface area is 76.9 Å². The molecule has 0 bridgehead atoms. The second kappa shape index (κ2) is 4.08. The van der Waals surface area contributed by atoms with Crippen LogP contribution in [-0.2, 0) is 6.18 Å². The molecule has 14 heavy (non-hydrogen) atoms. The molecule has 0 aliphatic rings. The van der Waals surface area contributed by atoms with Gasteiger partial charge in [0, 0.05) is 5.56 Å². The number of hydrogen-bond donors (Lipinski definition) is 1. The van der Waals surface area contributed by atoms with Crippen LogP contribution in [0.2, 0.25) is 0 Å². The lowest BCUT2D eigenvalue weighted by Crippen LogP contribution is -2.13. The maximum Gasteiger partial charge on any atom is 0.416 e. The molecule has 0 saturated carbocycles. The molecule has 0 aliphatic carbocycles. The minimum absolute atomic E-state index is 0. The highest BCUT2D eigenvalue weighted by atomic mass is 19.4. The standard InChI is InChI=1S/C8H6F3NO.FH/c9-8(10,11)6-3-1-2-5(4-6)7(12)13;/h1-4H,(H2,12,13);1H. The molecule has 6 heteroatoms. The Morgan fingerprint density at radius 1 is 1.29 bits per heavy atom. The van der Waals surface area contributed by atoms with Crippen molar-refractivity contribution in [3.05, 3.63) is 35.4 Å². The molecule has 0 heterocycles. The molecule has 1 aromatic carbocycles. The monoisotopic (exact) mass is 209 g/mol. The number of carbonyl (C=O) groups is 1. The molecule has 0 unspecified atom stereocenters. The molecule has 1 rings (SSSR count). The Morgan fingerprint density at radius 3 is 2.29 bits per heavy atom. The average molecular weight is 209 g/mol. The van der Waals surface area contributed by atoms with Crippen molar-refractivity contribution in [3.63, 3.8) is 0 Å². The first-order chi connectivity index (χ1) is 5.91. The maximum atomic E-state index is 12.1. The zero-order valence-electron chi connectivity index (χ0n) is 6.84. The summed E-state index contributed by atoms with van der Waals surface area (Å²) < 4.78 is 36.2. The number of primary amides is 1. The van der Waals surface area contributed by atoms with Gasteiger partial charge in [0.15, 0.2) is 0 Å². The van der Waals surface area contributed by atoms with Crippen molar-refractivity contribution in [2.24, 2.45) is 5.73 Å². The Morgan fingerprint density at radius 2 is 1.86 bits per heavy atom. The lowest BCUT2D eigenvalue weighted by Gasteiger charge is -2.06. The van der Waals surface area contributed by atoms with Crippen molar-refractivity contribution in [1.29, 1.82) is 0 Å². The van der Waals surface area contributed by atoms with E-state index in [4.69, 9.17) is 5.73 Å². The molecule has 1 amide bonds. The van der Waals surface area contributed by atoms with Crippen LogP contribution in [0.5, 0.6) is 0 Å². The van der Waals surface area contributed by atoms with Gasteiger partial charge < -0.3 is 5.73 Å². The molecule has 0 spiro atoms. The summed E-state index contributed by atoms with van der Waals surface area (Å²) in [6.07, 6.45) is -4.44. The Kier molecular flexibility index (Phi) is 3.62. The van der Waals surface area contributed by atoms with Crippen LogP contribution in [0.1, 0.15) is 15.9 Å². The summed E-state index contributed by atoms with van der Waals surface area (Å²) in [7, 11) is 0. The molecular weight excluding hydrogens is 202 g/mol. The fourth-order valence-electron chi connectivity index (χ4n) is 0.849. The van der Waals surface area contributed by atoms with Crippen molar-refractivity contribution in [1.82, 2.24) is 0 Å². The smallest absolute Gasteiger partial charge is 0.366 e. The van der Waals surface area contributed by atoms with E-state index in [0.29, 0.717) is 0 Å². The number of benzene rings is 1. The maximum absolute atomic E-state index is 12.1.